The molecular weight excluding hydrogens is 254 g/mol. The second-order valence-corrected chi connectivity index (χ2v) is 5.69. The zero-order chi connectivity index (χ0) is 15.2. The molecule has 0 aromatic heterocycles. The average molecular weight is 281 g/mol. The van der Waals surface area contributed by atoms with Gasteiger partial charge in [0.25, 0.3) is 0 Å². The molecule has 0 aliphatic carbocycles. The summed E-state index contributed by atoms with van der Waals surface area (Å²) in [5, 5.41) is 22.4. The number of rotatable bonds is 8. The second kappa shape index (κ2) is 7.62. The number of hydrogen-bond acceptors (Lipinski definition) is 4. The molecule has 3 N–H and O–H groups in total. The van der Waals surface area contributed by atoms with E-state index in [1.54, 1.807) is 0 Å². The van der Waals surface area contributed by atoms with Crippen molar-refractivity contribution in [1.29, 1.82) is 0 Å². The lowest BCUT2D eigenvalue weighted by Crippen LogP contribution is -2.49. The smallest absolute Gasteiger partial charge is 0.122 e. The van der Waals surface area contributed by atoms with Crippen LogP contribution in [0.25, 0.3) is 0 Å². The van der Waals surface area contributed by atoms with Gasteiger partial charge in [-0.15, -0.1) is 0 Å². The fourth-order valence-corrected chi connectivity index (χ4v) is 1.76. The number of aliphatic hydroxyl groups is 2. The van der Waals surface area contributed by atoms with Crippen LogP contribution in [0.2, 0.25) is 0 Å². The molecule has 1 aromatic rings. The summed E-state index contributed by atoms with van der Waals surface area (Å²) in [5.41, 5.74) is 1.85. The van der Waals surface area contributed by atoms with Gasteiger partial charge in [-0.3, -0.25) is 0 Å². The summed E-state index contributed by atoms with van der Waals surface area (Å²) in [4.78, 5) is 0. The Hall–Kier alpha value is -1.10. The molecule has 0 saturated heterocycles. The van der Waals surface area contributed by atoms with Gasteiger partial charge in [0.1, 0.15) is 18.5 Å². The van der Waals surface area contributed by atoms with Gasteiger partial charge in [-0.25, -0.2) is 0 Å². The number of benzene rings is 1. The van der Waals surface area contributed by atoms with Gasteiger partial charge in [0.15, 0.2) is 0 Å². The van der Waals surface area contributed by atoms with E-state index in [4.69, 9.17) is 4.74 Å². The third-order valence-electron chi connectivity index (χ3n) is 3.67. The van der Waals surface area contributed by atoms with Crippen molar-refractivity contribution >= 4 is 0 Å². The first-order valence-electron chi connectivity index (χ1n) is 7.14. The molecule has 20 heavy (non-hydrogen) atoms. The zero-order valence-corrected chi connectivity index (χ0v) is 12.9. The quantitative estimate of drug-likeness (QED) is 0.680. The van der Waals surface area contributed by atoms with Crippen LogP contribution in [-0.4, -0.2) is 41.6 Å². The van der Waals surface area contributed by atoms with Gasteiger partial charge in [0.2, 0.25) is 0 Å². The van der Waals surface area contributed by atoms with Gasteiger partial charge in [0.05, 0.1) is 6.61 Å². The molecule has 0 amide bonds. The first-order chi connectivity index (χ1) is 9.40. The summed E-state index contributed by atoms with van der Waals surface area (Å²) < 4.78 is 5.66. The van der Waals surface area contributed by atoms with Gasteiger partial charge >= 0.3 is 0 Å². The largest absolute Gasteiger partial charge is 0.491 e. The Balaban J connectivity index is 2.43. The second-order valence-electron chi connectivity index (χ2n) is 5.69. The number of aryl methyl sites for hydroxylation is 2. The molecule has 4 nitrogen and oxygen atoms in total. The molecule has 0 aliphatic rings. The van der Waals surface area contributed by atoms with Crippen molar-refractivity contribution in [3.05, 3.63) is 29.3 Å². The molecule has 0 radical (unpaired) electrons. The van der Waals surface area contributed by atoms with E-state index in [9.17, 15) is 10.2 Å². The third-order valence-corrected chi connectivity index (χ3v) is 3.67. The van der Waals surface area contributed by atoms with Crippen LogP contribution in [0.15, 0.2) is 18.2 Å². The zero-order valence-electron chi connectivity index (χ0n) is 12.9. The summed E-state index contributed by atoms with van der Waals surface area (Å²) in [5.74, 6) is 0.810. The first kappa shape index (κ1) is 17.0. The minimum atomic E-state index is -0.604. The molecule has 0 spiro atoms. The summed E-state index contributed by atoms with van der Waals surface area (Å²) in [6, 6.07) is 6.02. The number of ether oxygens (including phenoxy) is 1. The van der Waals surface area contributed by atoms with Crippen LogP contribution in [0.5, 0.6) is 5.75 Å². The normalized spacial score (nSPS) is 15.7. The van der Waals surface area contributed by atoms with E-state index in [1.807, 2.05) is 45.9 Å². The van der Waals surface area contributed by atoms with Crippen LogP contribution in [0.1, 0.15) is 31.4 Å². The maximum Gasteiger partial charge on any atom is 0.122 e. The Bertz CT molecular complexity index is 416. The highest BCUT2D eigenvalue weighted by molar-refractivity contribution is 5.35. The Morgan fingerprint density at radius 3 is 2.65 bits per heavy atom. The lowest BCUT2D eigenvalue weighted by Gasteiger charge is -2.28. The van der Waals surface area contributed by atoms with E-state index in [-0.39, 0.29) is 18.8 Å². The van der Waals surface area contributed by atoms with Gasteiger partial charge in [-0.1, -0.05) is 19.1 Å². The van der Waals surface area contributed by atoms with E-state index in [0.29, 0.717) is 6.54 Å². The minimum absolute atomic E-state index is 0.0497. The summed E-state index contributed by atoms with van der Waals surface area (Å²) in [6.07, 6.45) is 0.195. The minimum Gasteiger partial charge on any atom is -0.491 e. The molecule has 2 atom stereocenters. The Kier molecular flexibility index (Phi) is 6.46. The van der Waals surface area contributed by atoms with Crippen molar-refractivity contribution in [2.45, 2.75) is 45.8 Å². The highest BCUT2D eigenvalue weighted by Gasteiger charge is 2.21. The van der Waals surface area contributed by atoms with E-state index < -0.39 is 6.10 Å². The molecule has 0 fully saturated rings. The molecule has 114 valence electrons. The number of aliphatic hydroxyl groups excluding tert-OH is 2. The van der Waals surface area contributed by atoms with Gasteiger partial charge < -0.3 is 20.3 Å². The average Bonchev–Trinajstić information content (AvgIpc) is 2.45. The van der Waals surface area contributed by atoms with E-state index >= 15 is 0 Å². The maximum absolute atomic E-state index is 9.96. The monoisotopic (exact) mass is 281 g/mol. The molecule has 0 bridgehead atoms. The lowest BCUT2D eigenvalue weighted by molar-refractivity contribution is 0.0863. The Morgan fingerprint density at radius 2 is 2.05 bits per heavy atom. The number of β-amino-alcohol motifs (C(OH)–C–C–N with tert-alkyl or cyclic N) is 1. The summed E-state index contributed by atoms with van der Waals surface area (Å²) in [7, 11) is 0. The highest BCUT2D eigenvalue weighted by Crippen LogP contribution is 2.19. The molecular formula is C16H27NO3. The van der Waals surface area contributed by atoms with Crippen molar-refractivity contribution in [1.82, 2.24) is 5.32 Å². The van der Waals surface area contributed by atoms with Crippen LogP contribution in [0.3, 0.4) is 0 Å². The van der Waals surface area contributed by atoms with Crippen molar-refractivity contribution in [2.24, 2.45) is 0 Å². The van der Waals surface area contributed by atoms with Crippen molar-refractivity contribution in [2.75, 3.05) is 19.8 Å². The lowest BCUT2D eigenvalue weighted by atomic mass is 10.0. The SMILES string of the molecule is CCC(C)(CO)NCC(O)COc1cc(C)ccc1C. The molecule has 0 heterocycles. The molecule has 0 aliphatic heterocycles. The van der Waals surface area contributed by atoms with Crippen LogP contribution < -0.4 is 10.1 Å². The summed E-state index contributed by atoms with van der Waals surface area (Å²) in [6.45, 7) is 8.62. The predicted molar refractivity (Wildman–Crippen MR) is 81.2 cm³/mol. The van der Waals surface area contributed by atoms with Crippen LogP contribution in [0.4, 0.5) is 0 Å². The number of hydrogen-bond donors (Lipinski definition) is 3. The number of nitrogens with one attached hydrogen (secondary N) is 1. The van der Waals surface area contributed by atoms with E-state index in [1.165, 1.54) is 0 Å². The van der Waals surface area contributed by atoms with Gasteiger partial charge in [-0.05, 0) is 44.4 Å². The topological polar surface area (TPSA) is 61.7 Å². The molecule has 1 rings (SSSR count). The predicted octanol–water partition coefficient (Wildman–Crippen LogP) is 1.79. The Morgan fingerprint density at radius 1 is 1.35 bits per heavy atom. The van der Waals surface area contributed by atoms with Gasteiger partial charge in [0, 0.05) is 12.1 Å². The van der Waals surface area contributed by atoms with Gasteiger partial charge in [-0.2, -0.15) is 0 Å². The van der Waals surface area contributed by atoms with E-state index in [2.05, 4.69) is 5.32 Å². The standard InChI is InChI=1S/C16H27NO3/c1-5-16(4,11-18)17-9-14(19)10-20-15-8-12(2)6-7-13(15)3/h6-8,14,17-19H,5,9-11H2,1-4H3. The Labute approximate surface area is 121 Å². The third kappa shape index (κ3) is 5.12. The highest BCUT2D eigenvalue weighted by atomic mass is 16.5. The van der Waals surface area contributed by atoms with E-state index in [0.717, 1.165) is 23.3 Å². The first-order valence-corrected chi connectivity index (χ1v) is 7.14. The molecule has 1 aromatic carbocycles. The maximum atomic E-state index is 9.96. The molecule has 2 unspecified atom stereocenters. The molecule has 4 heteroatoms. The summed E-state index contributed by atoms with van der Waals surface area (Å²) >= 11 is 0. The fraction of sp³-hybridized carbons (Fsp3) is 0.625. The van der Waals surface area contributed by atoms with Crippen molar-refractivity contribution < 1.29 is 14.9 Å². The molecule has 0 saturated carbocycles. The van der Waals surface area contributed by atoms with Crippen LogP contribution >= 0.6 is 0 Å². The van der Waals surface area contributed by atoms with Crippen molar-refractivity contribution in [3.63, 3.8) is 0 Å². The fourth-order valence-electron chi connectivity index (χ4n) is 1.76. The van der Waals surface area contributed by atoms with Crippen LogP contribution in [0, 0.1) is 13.8 Å². The van der Waals surface area contributed by atoms with Crippen molar-refractivity contribution in [3.8, 4) is 5.75 Å². The van der Waals surface area contributed by atoms with Crippen LogP contribution in [-0.2, 0) is 0 Å².